The van der Waals surface area contributed by atoms with E-state index in [1.54, 1.807) is 16.7 Å². The van der Waals surface area contributed by atoms with Crippen LogP contribution in [-0.2, 0) is 4.79 Å². The monoisotopic (exact) mass is 333 g/mol. The Balaban J connectivity index is 1.51. The Kier molecular flexibility index (Phi) is 5.23. The van der Waals surface area contributed by atoms with Crippen LogP contribution in [0, 0.1) is 5.92 Å². The molecule has 3 rings (SSSR count). The summed E-state index contributed by atoms with van der Waals surface area (Å²) in [6, 6.07) is 9.25. The number of carbonyl (C=O) groups excluding carboxylic acids is 2. The molecule has 2 saturated heterocycles. The first-order valence-electron chi connectivity index (χ1n) is 8.05. The molecule has 0 aliphatic carbocycles. The molecule has 0 spiro atoms. The molecule has 1 aromatic rings. The molecule has 6 heteroatoms. The number of nitrogens with zero attached hydrogens (tertiary/aromatic N) is 2. The highest BCUT2D eigenvalue weighted by Gasteiger charge is 2.34. The van der Waals surface area contributed by atoms with E-state index in [9.17, 15) is 9.59 Å². The van der Waals surface area contributed by atoms with Gasteiger partial charge >= 0.3 is 0 Å². The number of hydrogen-bond acceptors (Lipinski definition) is 4. The highest BCUT2D eigenvalue weighted by Crippen LogP contribution is 2.21. The Bertz CT molecular complexity index is 560. The Hall–Kier alpha value is -1.53. The zero-order chi connectivity index (χ0) is 16.2. The van der Waals surface area contributed by atoms with Gasteiger partial charge in [-0.2, -0.15) is 0 Å². The van der Waals surface area contributed by atoms with Crippen LogP contribution in [0.25, 0.3) is 0 Å². The molecule has 0 unspecified atom stereocenters. The smallest absolute Gasteiger partial charge is 0.253 e. The van der Waals surface area contributed by atoms with Crippen molar-refractivity contribution in [1.82, 2.24) is 15.1 Å². The van der Waals surface area contributed by atoms with Crippen LogP contribution in [0.4, 0.5) is 0 Å². The molecule has 1 aromatic carbocycles. The lowest BCUT2D eigenvalue weighted by atomic mass is 10.0. The second kappa shape index (κ2) is 7.36. The second-order valence-corrected chi connectivity index (χ2v) is 7.33. The van der Waals surface area contributed by atoms with E-state index in [-0.39, 0.29) is 17.9 Å². The Morgan fingerprint density at radius 3 is 2.83 bits per heavy atom. The number of hydrogen-bond donors (Lipinski definition) is 1. The van der Waals surface area contributed by atoms with Crippen molar-refractivity contribution in [2.75, 3.05) is 38.3 Å². The van der Waals surface area contributed by atoms with E-state index in [1.165, 1.54) is 0 Å². The lowest BCUT2D eigenvalue weighted by molar-refractivity contribution is -0.131. The first kappa shape index (κ1) is 16.3. The van der Waals surface area contributed by atoms with Crippen LogP contribution in [0.5, 0.6) is 0 Å². The number of thioether (sulfide) groups is 1. The van der Waals surface area contributed by atoms with Crippen LogP contribution >= 0.6 is 11.8 Å². The van der Waals surface area contributed by atoms with Crippen LogP contribution in [0.2, 0.25) is 0 Å². The number of carbonyl (C=O) groups is 2. The van der Waals surface area contributed by atoms with E-state index in [0.717, 1.165) is 31.1 Å². The molecule has 2 aliphatic heterocycles. The molecule has 124 valence electrons. The van der Waals surface area contributed by atoms with Gasteiger partial charge in [-0.25, -0.2) is 0 Å². The molecule has 5 nitrogen and oxygen atoms in total. The van der Waals surface area contributed by atoms with Gasteiger partial charge in [-0.1, -0.05) is 18.2 Å². The first-order valence-corrected chi connectivity index (χ1v) is 9.21. The van der Waals surface area contributed by atoms with Gasteiger partial charge in [0.15, 0.2) is 0 Å². The lowest BCUT2D eigenvalue weighted by Gasteiger charge is -2.22. The maximum Gasteiger partial charge on any atom is 0.253 e. The van der Waals surface area contributed by atoms with Crippen molar-refractivity contribution >= 4 is 23.6 Å². The average molecular weight is 333 g/mol. The molecule has 23 heavy (non-hydrogen) atoms. The van der Waals surface area contributed by atoms with Gasteiger partial charge in [-0.15, -0.1) is 11.8 Å². The number of benzene rings is 1. The summed E-state index contributed by atoms with van der Waals surface area (Å²) >= 11 is 1.81. The quantitative estimate of drug-likeness (QED) is 0.902. The van der Waals surface area contributed by atoms with Crippen molar-refractivity contribution < 1.29 is 9.59 Å². The van der Waals surface area contributed by atoms with Crippen molar-refractivity contribution in [2.24, 2.45) is 5.92 Å². The molecule has 0 radical (unpaired) electrons. The molecule has 2 amide bonds. The standard InChI is InChI=1S/C17H23N3O2S/c1-19(16(21)14-5-3-2-4-6-14)11-13-9-15(18-10-13)17(22)20-7-8-23-12-20/h2-6,13,15,18H,7-12H2,1H3/t13-,15-/m0/s1. The van der Waals surface area contributed by atoms with Crippen molar-refractivity contribution in [1.29, 1.82) is 0 Å². The van der Waals surface area contributed by atoms with E-state index in [4.69, 9.17) is 0 Å². The minimum Gasteiger partial charge on any atom is -0.341 e. The summed E-state index contributed by atoms with van der Waals surface area (Å²) in [5, 5.41) is 3.33. The lowest BCUT2D eigenvalue weighted by Crippen LogP contribution is -2.42. The van der Waals surface area contributed by atoms with Crippen LogP contribution in [0.3, 0.4) is 0 Å². The van der Waals surface area contributed by atoms with Gasteiger partial charge in [0.1, 0.15) is 0 Å². The third-order valence-electron chi connectivity index (χ3n) is 4.48. The number of amides is 2. The molecule has 2 fully saturated rings. The van der Waals surface area contributed by atoms with Crippen molar-refractivity contribution in [3.8, 4) is 0 Å². The number of nitrogens with one attached hydrogen (secondary N) is 1. The molecular weight excluding hydrogens is 310 g/mol. The maximum absolute atomic E-state index is 12.4. The molecule has 0 aromatic heterocycles. The summed E-state index contributed by atoms with van der Waals surface area (Å²) in [6.07, 6.45) is 0.812. The Labute approximate surface area is 141 Å². The van der Waals surface area contributed by atoms with E-state index in [2.05, 4.69) is 5.32 Å². The van der Waals surface area contributed by atoms with Gasteiger partial charge in [0.25, 0.3) is 5.91 Å². The van der Waals surface area contributed by atoms with Gasteiger partial charge in [0, 0.05) is 38.0 Å². The fraction of sp³-hybridized carbons (Fsp3) is 0.529. The Morgan fingerprint density at radius 1 is 1.35 bits per heavy atom. The van der Waals surface area contributed by atoms with Crippen LogP contribution < -0.4 is 5.32 Å². The summed E-state index contributed by atoms with van der Waals surface area (Å²) in [4.78, 5) is 28.5. The van der Waals surface area contributed by atoms with Crippen LogP contribution in [0.15, 0.2) is 30.3 Å². The average Bonchev–Trinajstić information content (AvgIpc) is 3.26. The largest absolute Gasteiger partial charge is 0.341 e. The molecule has 2 atom stereocenters. The third kappa shape index (κ3) is 3.87. The molecule has 2 aliphatic rings. The highest BCUT2D eigenvalue weighted by molar-refractivity contribution is 7.99. The summed E-state index contributed by atoms with van der Waals surface area (Å²) in [6.45, 7) is 2.34. The van der Waals surface area contributed by atoms with Gasteiger partial charge in [0.2, 0.25) is 5.91 Å². The minimum absolute atomic E-state index is 0.0383. The predicted molar refractivity (Wildman–Crippen MR) is 92.3 cm³/mol. The topological polar surface area (TPSA) is 52.7 Å². The second-order valence-electron chi connectivity index (χ2n) is 6.25. The summed E-state index contributed by atoms with van der Waals surface area (Å²) in [5.74, 6) is 2.44. The minimum atomic E-state index is -0.0843. The van der Waals surface area contributed by atoms with Crippen molar-refractivity contribution in [3.63, 3.8) is 0 Å². The molecule has 1 N–H and O–H groups in total. The van der Waals surface area contributed by atoms with Gasteiger partial charge in [-0.3, -0.25) is 9.59 Å². The molecule has 2 heterocycles. The summed E-state index contributed by atoms with van der Waals surface area (Å²) < 4.78 is 0. The molecular formula is C17H23N3O2S. The zero-order valence-electron chi connectivity index (χ0n) is 13.4. The predicted octanol–water partition coefficient (Wildman–Crippen LogP) is 1.27. The van der Waals surface area contributed by atoms with Crippen molar-refractivity contribution in [2.45, 2.75) is 12.5 Å². The van der Waals surface area contributed by atoms with Gasteiger partial charge < -0.3 is 15.1 Å². The maximum atomic E-state index is 12.4. The summed E-state index contributed by atoms with van der Waals surface area (Å²) in [7, 11) is 1.83. The van der Waals surface area contributed by atoms with Crippen LogP contribution in [0.1, 0.15) is 16.8 Å². The molecule has 0 bridgehead atoms. The van der Waals surface area contributed by atoms with E-state index < -0.39 is 0 Å². The van der Waals surface area contributed by atoms with Crippen LogP contribution in [-0.4, -0.2) is 66.0 Å². The fourth-order valence-corrected chi connectivity index (χ4v) is 4.17. The summed E-state index contributed by atoms with van der Waals surface area (Å²) in [5.41, 5.74) is 0.711. The highest BCUT2D eigenvalue weighted by atomic mass is 32.2. The zero-order valence-corrected chi connectivity index (χ0v) is 14.2. The van der Waals surface area contributed by atoms with Crippen molar-refractivity contribution in [3.05, 3.63) is 35.9 Å². The van der Waals surface area contributed by atoms with E-state index in [1.807, 2.05) is 42.3 Å². The van der Waals surface area contributed by atoms with Gasteiger partial charge in [0.05, 0.1) is 11.9 Å². The Morgan fingerprint density at radius 2 is 2.13 bits per heavy atom. The number of rotatable bonds is 4. The van der Waals surface area contributed by atoms with E-state index in [0.29, 0.717) is 18.0 Å². The molecule has 0 saturated carbocycles. The first-order chi connectivity index (χ1) is 11.1. The van der Waals surface area contributed by atoms with Gasteiger partial charge in [-0.05, 0) is 24.5 Å². The fourth-order valence-electron chi connectivity index (χ4n) is 3.22. The third-order valence-corrected chi connectivity index (χ3v) is 5.45. The SMILES string of the molecule is CN(C[C@@H]1CN[C@H](C(=O)N2CCSC2)C1)C(=O)c1ccccc1. The van der Waals surface area contributed by atoms with E-state index >= 15 is 0 Å². The normalized spacial score (nSPS) is 24.0.